The summed E-state index contributed by atoms with van der Waals surface area (Å²) in [7, 11) is 1.64. The Labute approximate surface area is 707 Å². The molecule has 41 nitrogen and oxygen atoms in total. The lowest BCUT2D eigenvalue weighted by Crippen LogP contribution is -2.61. The number of fused-ring (bicyclic) bond motifs is 3. The second-order valence-electron chi connectivity index (χ2n) is 29.9. The standard InChI is InChI=1S/C79H105N23O18S2/c1-7-39(4)65(91-41(6)104)78(120)100-60-36-122-121-35-59(76(118)102-66(40(5)103)67(81)109)99-69(111)52(21-14-24-85-79(82)83)93-73(115)57(28-45-33-84-37-90-45)96-71(113)55(26-43-31-87-50-19-12-9-16-47(43)50)92-62(106)34-89-68(110)54(25-42-30-86-49-18-11-8-15-46(42)49)95-74(116)58(29-63(107)108)97-70(112)53(22-23-61(80)105)94-72(114)56(98-77(119)64(38(2)3)101-75(60)117)27-44-32-88-51-20-13-10-17-48(44)51/h8-13,15-20,30-33,37-40,52-60,64-66,86-88,103H,7,14,21-29,34-36H2,1-6H3,(H2,80,105)(H2,81,109)(H,84,90)(H,89,110)(H,91,104)(H,92,106)(H,93,115)(H,94,114)(H,95,116)(H,96,113)(H,97,112)(H,98,119)(H,99,111)(H,100,120)(H,101,117)(H,102,118)(H,107,108)(H4,82,83,85)/t39-,40+,52-,53-,54-,55-,56-,57-,58-,59-,60-,64-,65-,66-/m0/s1. The molecule has 656 valence electrons. The quantitative estimate of drug-likeness (QED) is 0.0106. The highest BCUT2D eigenvalue weighted by Gasteiger charge is 2.40. The van der Waals surface area contributed by atoms with Gasteiger partial charge in [-0.25, -0.2) is 4.98 Å². The molecule has 14 atom stereocenters. The highest BCUT2D eigenvalue weighted by atomic mass is 33.1. The lowest BCUT2D eigenvalue weighted by atomic mass is 9.97. The van der Waals surface area contributed by atoms with E-state index in [4.69, 9.17) is 22.6 Å². The molecule has 0 radical (unpaired) electrons. The average molecular weight is 1730 g/mol. The number of carbonyl (C=O) groups is 16. The molecule has 122 heavy (non-hydrogen) atoms. The highest BCUT2D eigenvalue weighted by Crippen LogP contribution is 2.27. The predicted octanol–water partition coefficient (Wildman–Crippen LogP) is -2.96. The Morgan fingerprint density at radius 3 is 1.52 bits per heavy atom. The Morgan fingerprint density at radius 1 is 0.557 bits per heavy atom. The van der Waals surface area contributed by atoms with Crippen LogP contribution < -0.4 is 91.6 Å². The number of amides is 15. The molecule has 0 aliphatic carbocycles. The Hall–Kier alpha value is -13.1. The van der Waals surface area contributed by atoms with Crippen LogP contribution in [-0.4, -0.2) is 239 Å². The predicted molar refractivity (Wildman–Crippen MR) is 450 cm³/mol. The number of carboxylic acid groups (broad SMARTS) is 1. The van der Waals surface area contributed by atoms with E-state index in [1.54, 1.807) is 99.0 Å². The minimum Gasteiger partial charge on any atom is -0.481 e. The van der Waals surface area contributed by atoms with Crippen LogP contribution in [0.1, 0.15) is 102 Å². The number of imidazole rings is 1. The fourth-order valence-corrected chi connectivity index (χ4v) is 15.8. The normalized spacial score (nSPS) is 21.9. The van der Waals surface area contributed by atoms with Crippen LogP contribution in [0.5, 0.6) is 0 Å². The number of hydrogen-bond donors (Lipinski definition) is 24. The summed E-state index contributed by atoms with van der Waals surface area (Å²) in [5.41, 5.74) is 20.2. The van der Waals surface area contributed by atoms with Gasteiger partial charge in [0.05, 0.1) is 31.1 Å². The summed E-state index contributed by atoms with van der Waals surface area (Å²) < 4.78 is 0. The van der Waals surface area contributed by atoms with Gasteiger partial charge in [-0.15, -0.1) is 0 Å². The zero-order valence-corrected chi connectivity index (χ0v) is 69.4. The maximum Gasteiger partial charge on any atom is 0.305 e. The molecule has 0 bridgehead atoms. The number of nitrogens with one attached hydrogen (secondary N) is 19. The summed E-state index contributed by atoms with van der Waals surface area (Å²) in [5, 5.41) is 66.6. The van der Waals surface area contributed by atoms with Crippen LogP contribution >= 0.6 is 21.6 Å². The fourth-order valence-electron chi connectivity index (χ4n) is 13.4. The van der Waals surface area contributed by atoms with Crippen molar-refractivity contribution in [1.82, 2.24) is 99.4 Å². The number of guanidine groups is 1. The molecule has 0 spiro atoms. The number of H-pyrrole nitrogens is 4. The fraction of sp³-hybridized carbons (Fsp3) is 0.443. The summed E-state index contributed by atoms with van der Waals surface area (Å²) in [5.74, 6) is -20.1. The Balaban J connectivity index is 1.24. The van der Waals surface area contributed by atoms with Gasteiger partial charge in [0.2, 0.25) is 88.6 Å². The average Bonchev–Trinajstić information content (AvgIpc) is 1.66. The van der Waals surface area contributed by atoms with E-state index < -0.39 is 235 Å². The van der Waals surface area contributed by atoms with Crippen molar-refractivity contribution in [2.45, 2.75) is 184 Å². The molecule has 27 N–H and O–H groups in total. The minimum atomic E-state index is -2.08. The van der Waals surface area contributed by atoms with Gasteiger partial charge in [-0.2, -0.15) is 0 Å². The van der Waals surface area contributed by atoms with Gasteiger partial charge in [-0.05, 0) is 72.9 Å². The number of primary amides is 2. The zero-order chi connectivity index (χ0) is 89.0. The molecule has 15 amide bonds. The van der Waals surface area contributed by atoms with E-state index >= 15 is 28.8 Å². The molecule has 3 aromatic carbocycles. The van der Waals surface area contributed by atoms with Crippen LogP contribution in [0.4, 0.5) is 0 Å². The second kappa shape index (κ2) is 45.4. The topological polar surface area (TPSA) is 660 Å². The second-order valence-corrected chi connectivity index (χ2v) is 32.4. The molecule has 8 rings (SSSR count). The third kappa shape index (κ3) is 27.8. The molecule has 1 fully saturated rings. The molecule has 7 aromatic rings. The van der Waals surface area contributed by atoms with Crippen molar-refractivity contribution in [3.8, 4) is 0 Å². The first kappa shape index (κ1) is 94.4. The van der Waals surface area contributed by atoms with Crippen molar-refractivity contribution in [3.05, 3.63) is 126 Å². The monoisotopic (exact) mass is 1730 g/mol. The third-order valence-electron chi connectivity index (χ3n) is 20.2. The molecule has 0 unspecified atom stereocenters. The van der Waals surface area contributed by atoms with Gasteiger partial charge < -0.3 is 122 Å². The maximum absolute atomic E-state index is 15.2. The van der Waals surface area contributed by atoms with Crippen molar-refractivity contribution < 1.29 is 86.9 Å². The number of aliphatic hydroxyl groups is 1. The van der Waals surface area contributed by atoms with E-state index in [-0.39, 0.29) is 44.3 Å². The van der Waals surface area contributed by atoms with E-state index in [1.807, 2.05) is 0 Å². The number of nitrogens with two attached hydrogens (primary N) is 3. The van der Waals surface area contributed by atoms with Crippen LogP contribution in [0.25, 0.3) is 32.7 Å². The number of aromatic amines is 4. The molecule has 0 saturated carbocycles. The van der Waals surface area contributed by atoms with E-state index in [1.165, 1.54) is 39.5 Å². The third-order valence-corrected chi connectivity index (χ3v) is 22.6. The number of carbonyl (C=O) groups excluding carboxylic acids is 15. The zero-order valence-electron chi connectivity index (χ0n) is 67.8. The summed E-state index contributed by atoms with van der Waals surface area (Å²) in [6, 6.07) is 0.357. The maximum atomic E-state index is 15.2. The summed E-state index contributed by atoms with van der Waals surface area (Å²) in [4.78, 5) is 246. The van der Waals surface area contributed by atoms with Gasteiger partial charge in [0.15, 0.2) is 5.96 Å². The number of nitrogens with zero attached hydrogens (tertiary/aromatic N) is 1. The minimum absolute atomic E-state index is 0.0220. The molecular weight excluding hydrogens is 1620 g/mol. The smallest absolute Gasteiger partial charge is 0.305 e. The number of para-hydroxylation sites is 3. The van der Waals surface area contributed by atoms with Gasteiger partial charge in [0.1, 0.15) is 72.5 Å². The molecule has 5 heterocycles. The molecular formula is C79H105N23O18S2. The van der Waals surface area contributed by atoms with Crippen LogP contribution in [0, 0.1) is 17.2 Å². The molecule has 1 aliphatic heterocycles. The Bertz CT molecular complexity index is 4940. The number of aliphatic hydroxyl groups excluding tert-OH is 1. The van der Waals surface area contributed by atoms with E-state index in [2.05, 4.69) is 99.4 Å². The van der Waals surface area contributed by atoms with Gasteiger partial charge in [0, 0.05) is 115 Å². The highest BCUT2D eigenvalue weighted by molar-refractivity contribution is 8.76. The number of benzene rings is 3. The van der Waals surface area contributed by atoms with Crippen molar-refractivity contribution in [2.75, 3.05) is 24.6 Å². The van der Waals surface area contributed by atoms with E-state index in [0.717, 1.165) is 28.5 Å². The summed E-state index contributed by atoms with van der Waals surface area (Å²) in [6.45, 7) is 7.83. The molecule has 1 aliphatic rings. The van der Waals surface area contributed by atoms with Gasteiger partial charge in [-0.3, -0.25) is 82.1 Å². The van der Waals surface area contributed by atoms with E-state index in [9.17, 15) is 58.2 Å². The van der Waals surface area contributed by atoms with E-state index in [0.29, 0.717) is 55.8 Å². The summed E-state index contributed by atoms with van der Waals surface area (Å²) in [6.07, 6.45) is 2.00. The largest absolute Gasteiger partial charge is 0.481 e. The Morgan fingerprint density at radius 2 is 1.03 bits per heavy atom. The van der Waals surface area contributed by atoms with Gasteiger partial charge in [-0.1, -0.05) is 110 Å². The summed E-state index contributed by atoms with van der Waals surface area (Å²) >= 11 is 0. The first-order valence-corrected chi connectivity index (χ1v) is 41.9. The van der Waals surface area contributed by atoms with Gasteiger partial charge >= 0.3 is 5.97 Å². The van der Waals surface area contributed by atoms with Crippen molar-refractivity contribution >= 4 is 155 Å². The number of aliphatic carboxylic acids is 1. The Kier molecular flexibility index (Phi) is 35.1. The van der Waals surface area contributed by atoms with Crippen LogP contribution in [0.2, 0.25) is 0 Å². The molecule has 4 aromatic heterocycles. The molecule has 1 saturated heterocycles. The first-order chi connectivity index (χ1) is 58.1. The lowest BCUT2D eigenvalue weighted by Gasteiger charge is -2.29. The van der Waals surface area contributed by atoms with Crippen LogP contribution in [0.15, 0.2) is 104 Å². The number of carboxylic acids is 1. The van der Waals surface area contributed by atoms with Crippen molar-refractivity contribution in [3.63, 3.8) is 0 Å². The van der Waals surface area contributed by atoms with Crippen molar-refractivity contribution in [1.29, 1.82) is 5.41 Å². The van der Waals surface area contributed by atoms with Crippen LogP contribution in [-0.2, 0) is 102 Å². The van der Waals surface area contributed by atoms with Crippen LogP contribution in [0.3, 0.4) is 0 Å². The van der Waals surface area contributed by atoms with Gasteiger partial charge in [0.25, 0.3) is 0 Å². The number of aromatic nitrogens is 5. The lowest BCUT2D eigenvalue weighted by molar-refractivity contribution is -0.141. The number of rotatable bonds is 27. The number of hydrogen-bond acceptors (Lipinski definition) is 21. The first-order valence-electron chi connectivity index (χ1n) is 39.4. The molecule has 43 heteroatoms. The SMILES string of the molecule is CC[C@H](C)[C@H](NC(C)=O)C(=O)N[C@H]1CSSC[C@@H](C(=O)N[C@H](C(N)=O)[C@@H](C)O)NC(=O)[C@H](CCCNC(=N)N)NC(=O)[C@H](Cc2c[nH]cn2)NC(=O)[C@H](Cc2c[nH]c3ccccc23)NC(=O)CNC(=O)[C@H](Cc2c[nH]c3ccccc23)NC(=O)[C@H](CC(=O)O)NC(=O)[C@H](CCC(N)=O)NC(=O)[C@H](Cc2c[nH]c3ccccc23)NC(=O)[C@H](C(C)C)NC1=O. The van der Waals surface area contributed by atoms with Crippen molar-refractivity contribution in [2.24, 2.45) is 29.0 Å².